The number of aromatic nitrogens is 2. The highest BCUT2D eigenvalue weighted by molar-refractivity contribution is 7.80. The van der Waals surface area contributed by atoms with Crippen LogP contribution in [0.2, 0.25) is 0 Å². The fourth-order valence-corrected chi connectivity index (χ4v) is 1.48. The van der Waals surface area contributed by atoms with Gasteiger partial charge in [0.05, 0.1) is 5.69 Å². The summed E-state index contributed by atoms with van der Waals surface area (Å²) in [6.45, 7) is 0. The average molecular weight is 228 g/mol. The number of nitrogens with zero attached hydrogens (tertiary/aromatic N) is 1. The van der Waals surface area contributed by atoms with Crippen LogP contribution in [0.5, 0.6) is 0 Å². The second-order valence-electron chi connectivity index (χ2n) is 3.32. The zero-order chi connectivity index (χ0) is 11.2. The third-order valence-corrected chi connectivity index (χ3v) is 2.39. The molecule has 0 saturated carbocycles. The van der Waals surface area contributed by atoms with Crippen molar-refractivity contribution in [3.8, 4) is 23.1 Å². The SMILES string of the molecule is SCCC#Cc1ccc(-c2ccn[nH]2)cc1. The summed E-state index contributed by atoms with van der Waals surface area (Å²) in [5.74, 6) is 6.96. The van der Waals surface area contributed by atoms with Gasteiger partial charge in [0.1, 0.15) is 0 Å². The lowest BCUT2D eigenvalue weighted by Gasteiger charge is -1.96. The molecule has 1 heterocycles. The molecule has 2 rings (SSSR count). The van der Waals surface area contributed by atoms with E-state index in [2.05, 4.69) is 34.7 Å². The van der Waals surface area contributed by atoms with E-state index in [0.717, 1.165) is 29.0 Å². The second kappa shape index (κ2) is 5.43. The molecule has 2 aromatic rings. The summed E-state index contributed by atoms with van der Waals surface area (Å²) in [7, 11) is 0. The summed E-state index contributed by atoms with van der Waals surface area (Å²) in [6.07, 6.45) is 2.57. The Morgan fingerprint density at radius 2 is 2.00 bits per heavy atom. The van der Waals surface area contributed by atoms with Crippen molar-refractivity contribution in [2.24, 2.45) is 0 Å². The predicted octanol–water partition coefficient (Wildman–Crippen LogP) is 2.75. The largest absolute Gasteiger partial charge is 0.278 e. The van der Waals surface area contributed by atoms with Crippen LogP contribution >= 0.6 is 12.6 Å². The Balaban J connectivity index is 2.15. The molecule has 0 aliphatic rings. The van der Waals surface area contributed by atoms with Crippen molar-refractivity contribution in [3.05, 3.63) is 42.1 Å². The average Bonchev–Trinajstić information content (AvgIpc) is 2.84. The summed E-state index contributed by atoms with van der Waals surface area (Å²) < 4.78 is 0. The van der Waals surface area contributed by atoms with Gasteiger partial charge in [0.15, 0.2) is 0 Å². The van der Waals surface area contributed by atoms with E-state index in [9.17, 15) is 0 Å². The Morgan fingerprint density at radius 3 is 2.62 bits per heavy atom. The van der Waals surface area contributed by atoms with Gasteiger partial charge >= 0.3 is 0 Å². The number of nitrogens with one attached hydrogen (secondary N) is 1. The van der Waals surface area contributed by atoms with E-state index in [1.54, 1.807) is 6.20 Å². The Hall–Kier alpha value is -1.66. The van der Waals surface area contributed by atoms with Crippen LogP contribution in [-0.4, -0.2) is 16.0 Å². The zero-order valence-electron chi connectivity index (χ0n) is 8.77. The predicted molar refractivity (Wildman–Crippen MR) is 69.4 cm³/mol. The number of hydrogen-bond acceptors (Lipinski definition) is 2. The van der Waals surface area contributed by atoms with Gasteiger partial charge in [-0.25, -0.2) is 0 Å². The molecule has 0 atom stereocenters. The molecule has 1 aromatic heterocycles. The lowest BCUT2D eigenvalue weighted by atomic mass is 10.1. The molecule has 1 aromatic carbocycles. The standard InChI is InChI=1S/C13H12N2S/c16-10-2-1-3-11-4-6-12(7-5-11)13-8-9-14-15-13/h4-9,16H,2,10H2,(H,14,15). The van der Waals surface area contributed by atoms with E-state index in [0.29, 0.717) is 0 Å². The molecule has 0 saturated heterocycles. The second-order valence-corrected chi connectivity index (χ2v) is 3.77. The van der Waals surface area contributed by atoms with Crippen LogP contribution < -0.4 is 0 Å². The van der Waals surface area contributed by atoms with Crippen LogP contribution in [0.4, 0.5) is 0 Å². The van der Waals surface area contributed by atoms with Crippen molar-refractivity contribution in [1.82, 2.24) is 10.2 Å². The third-order valence-electron chi connectivity index (χ3n) is 2.17. The van der Waals surface area contributed by atoms with E-state index in [-0.39, 0.29) is 0 Å². The van der Waals surface area contributed by atoms with Crippen LogP contribution in [0, 0.1) is 11.8 Å². The maximum atomic E-state index is 4.11. The van der Waals surface area contributed by atoms with Gasteiger partial charge in [-0.2, -0.15) is 17.7 Å². The first-order valence-corrected chi connectivity index (χ1v) is 5.73. The minimum atomic E-state index is 0.805. The minimum Gasteiger partial charge on any atom is -0.278 e. The zero-order valence-corrected chi connectivity index (χ0v) is 9.67. The highest BCUT2D eigenvalue weighted by Gasteiger charge is 1.97. The van der Waals surface area contributed by atoms with Crippen molar-refractivity contribution >= 4 is 12.6 Å². The normalized spacial score (nSPS) is 9.56. The smallest absolute Gasteiger partial charge is 0.0650 e. The van der Waals surface area contributed by atoms with Crippen LogP contribution in [0.15, 0.2) is 36.5 Å². The maximum Gasteiger partial charge on any atom is 0.0650 e. The number of rotatable bonds is 2. The summed E-state index contributed by atoms with van der Waals surface area (Å²) in [4.78, 5) is 0. The van der Waals surface area contributed by atoms with Gasteiger partial charge < -0.3 is 0 Å². The van der Waals surface area contributed by atoms with Gasteiger partial charge in [0.25, 0.3) is 0 Å². The Kier molecular flexibility index (Phi) is 3.68. The molecule has 16 heavy (non-hydrogen) atoms. The summed E-state index contributed by atoms with van der Waals surface area (Å²) >= 11 is 4.11. The molecular weight excluding hydrogens is 216 g/mol. The van der Waals surface area contributed by atoms with Gasteiger partial charge in [-0.15, -0.1) is 0 Å². The van der Waals surface area contributed by atoms with E-state index in [1.807, 2.05) is 30.3 Å². The molecule has 0 spiro atoms. The van der Waals surface area contributed by atoms with Crippen molar-refractivity contribution in [3.63, 3.8) is 0 Å². The molecule has 2 nitrogen and oxygen atoms in total. The van der Waals surface area contributed by atoms with Crippen LogP contribution in [0.25, 0.3) is 11.3 Å². The number of aromatic amines is 1. The molecule has 0 radical (unpaired) electrons. The Labute approximate surface area is 100 Å². The molecule has 0 bridgehead atoms. The van der Waals surface area contributed by atoms with Gasteiger partial charge in [-0.3, -0.25) is 5.10 Å². The molecule has 0 aliphatic carbocycles. The Morgan fingerprint density at radius 1 is 1.19 bits per heavy atom. The van der Waals surface area contributed by atoms with Crippen molar-refractivity contribution in [1.29, 1.82) is 0 Å². The lowest BCUT2D eigenvalue weighted by molar-refractivity contribution is 1.10. The highest BCUT2D eigenvalue weighted by Crippen LogP contribution is 2.16. The van der Waals surface area contributed by atoms with Crippen molar-refractivity contribution < 1.29 is 0 Å². The number of hydrogen-bond donors (Lipinski definition) is 2. The molecule has 3 heteroatoms. The highest BCUT2D eigenvalue weighted by atomic mass is 32.1. The molecule has 0 unspecified atom stereocenters. The van der Waals surface area contributed by atoms with Gasteiger partial charge in [-0.05, 0) is 23.8 Å². The van der Waals surface area contributed by atoms with E-state index in [1.165, 1.54) is 0 Å². The summed E-state index contributed by atoms with van der Waals surface area (Å²) in [5.41, 5.74) is 3.18. The fraction of sp³-hybridized carbons (Fsp3) is 0.154. The van der Waals surface area contributed by atoms with Crippen LogP contribution in [-0.2, 0) is 0 Å². The van der Waals surface area contributed by atoms with Gasteiger partial charge in [0, 0.05) is 23.9 Å². The summed E-state index contributed by atoms with van der Waals surface area (Å²) in [5, 5.41) is 6.85. The van der Waals surface area contributed by atoms with E-state index >= 15 is 0 Å². The monoisotopic (exact) mass is 228 g/mol. The van der Waals surface area contributed by atoms with E-state index in [4.69, 9.17) is 0 Å². The topological polar surface area (TPSA) is 28.7 Å². The Bertz CT molecular complexity index is 489. The van der Waals surface area contributed by atoms with Crippen LogP contribution in [0.3, 0.4) is 0 Å². The summed E-state index contributed by atoms with van der Waals surface area (Å²) in [6, 6.07) is 10.1. The first-order chi connectivity index (χ1) is 7.90. The maximum absolute atomic E-state index is 4.11. The number of H-pyrrole nitrogens is 1. The van der Waals surface area contributed by atoms with Gasteiger partial charge in [-0.1, -0.05) is 24.0 Å². The molecule has 80 valence electrons. The molecule has 0 amide bonds. The van der Waals surface area contributed by atoms with Gasteiger partial charge in [0.2, 0.25) is 0 Å². The van der Waals surface area contributed by atoms with E-state index < -0.39 is 0 Å². The molecule has 1 N–H and O–H groups in total. The third kappa shape index (κ3) is 2.68. The first-order valence-electron chi connectivity index (χ1n) is 5.09. The number of thiol groups is 1. The van der Waals surface area contributed by atoms with Crippen LogP contribution in [0.1, 0.15) is 12.0 Å². The molecule has 0 fully saturated rings. The minimum absolute atomic E-state index is 0.805. The molecule has 0 aliphatic heterocycles. The quantitative estimate of drug-likeness (QED) is 0.600. The number of benzene rings is 1. The first kappa shape index (κ1) is 10.8. The fourth-order valence-electron chi connectivity index (χ4n) is 1.37. The lowest BCUT2D eigenvalue weighted by Crippen LogP contribution is -1.79. The van der Waals surface area contributed by atoms with Crippen molar-refractivity contribution in [2.75, 3.05) is 5.75 Å². The molecular formula is C13H12N2S. The van der Waals surface area contributed by atoms with Crippen molar-refractivity contribution in [2.45, 2.75) is 6.42 Å².